The maximum Gasteiger partial charge on any atom is 0.0375 e. The van der Waals surface area contributed by atoms with Crippen molar-refractivity contribution in [2.75, 3.05) is 0 Å². The molecule has 0 aromatic heterocycles. The highest BCUT2D eigenvalue weighted by Gasteiger charge is 1.93. The Labute approximate surface area is 101 Å². The fourth-order valence-corrected chi connectivity index (χ4v) is 1.62. The Hall–Kier alpha value is -0.660. The SMILES string of the molecule is CCCCCCC/C(C)=N/N=C(\C)CCC. The lowest BCUT2D eigenvalue weighted by molar-refractivity contribution is 0.642. The van der Waals surface area contributed by atoms with E-state index in [1.165, 1.54) is 37.8 Å². The lowest BCUT2D eigenvalue weighted by atomic mass is 10.1. The van der Waals surface area contributed by atoms with Gasteiger partial charge in [-0.3, -0.25) is 0 Å². The van der Waals surface area contributed by atoms with Gasteiger partial charge in [-0.25, -0.2) is 0 Å². The highest BCUT2D eigenvalue weighted by atomic mass is 15.2. The fourth-order valence-electron chi connectivity index (χ4n) is 1.62. The van der Waals surface area contributed by atoms with Gasteiger partial charge in [0.05, 0.1) is 0 Å². The van der Waals surface area contributed by atoms with Crippen molar-refractivity contribution in [3.63, 3.8) is 0 Å². The molecule has 0 spiro atoms. The van der Waals surface area contributed by atoms with Crippen LogP contribution >= 0.6 is 0 Å². The maximum absolute atomic E-state index is 4.27. The van der Waals surface area contributed by atoms with Crippen molar-refractivity contribution in [3.05, 3.63) is 0 Å². The van der Waals surface area contributed by atoms with Gasteiger partial charge in [0.2, 0.25) is 0 Å². The minimum Gasteiger partial charge on any atom is -0.161 e. The summed E-state index contributed by atoms with van der Waals surface area (Å²) in [6.45, 7) is 8.56. The summed E-state index contributed by atoms with van der Waals surface area (Å²) in [5.74, 6) is 0. The van der Waals surface area contributed by atoms with Crippen LogP contribution in [0.4, 0.5) is 0 Å². The molecule has 16 heavy (non-hydrogen) atoms. The summed E-state index contributed by atoms with van der Waals surface area (Å²) in [4.78, 5) is 0. The zero-order valence-corrected chi connectivity index (χ0v) is 11.6. The topological polar surface area (TPSA) is 24.7 Å². The molecule has 0 rings (SSSR count). The summed E-state index contributed by atoms with van der Waals surface area (Å²) in [6, 6.07) is 0. The van der Waals surface area contributed by atoms with Gasteiger partial charge in [0, 0.05) is 11.4 Å². The Morgan fingerprint density at radius 2 is 1.25 bits per heavy atom. The standard InChI is InChI=1S/C14H28N2/c1-5-7-8-9-10-12-14(4)16-15-13(3)11-6-2/h5-12H2,1-4H3/b15-13+,16-14+. The Kier molecular flexibility index (Phi) is 10.4. The van der Waals surface area contributed by atoms with Crippen molar-refractivity contribution in [3.8, 4) is 0 Å². The Balaban J connectivity index is 3.66. The molecule has 0 bridgehead atoms. The highest BCUT2D eigenvalue weighted by molar-refractivity contribution is 5.85. The van der Waals surface area contributed by atoms with Gasteiger partial charge < -0.3 is 0 Å². The van der Waals surface area contributed by atoms with E-state index >= 15 is 0 Å². The van der Waals surface area contributed by atoms with E-state index in [4.69, 9.17) is 0 Å². The van der Waals surface area contributed by atoms with Gasteiger partial charge >= 0.3 is 0 Å². The molecule has 0 radical (unpaired) electrons. The first-order valence-electron chi connectivity index (χ1n) is 6.77. The van der Waals surface area contributed by atoms with E-state index in [0.29, 0.717) is 0 Å². The largest absolute Gasteiger partial charge is 0.161 e. The third-order valence-corrected chi connectivity index (χ3v) is 2.65. The lowest BCUT2D eigenvalue weighted by Crippen LogP contribution is -1.93. The minimum atomic E-state index is 1.06. The van der Waals surface area contributed by atoms with Gasteiger partial charge in [-0.1, -0.05) is 46.0 Å². The molecule has 0 fully saturated rings. The van der Waals surface area contributed by atoms with E-state index in [1.807, 2.05) is 0 Å². The van der Waals surface area contributed by atoms with Crippen LogP contribution < -0.4 is 0 Å². The first-order valence-corrected chi connectivity index (χ1v) is 6.77. The van der Waals surface area contributed by atoms with Gasteiger partial charge in [0.15, 0.2) is 0 Å². The second-order valence-corrected chi connectivity index (χ2v) is 4.58. The molecule has 0 saturated carbocycles. The first-order chi connectivity index (χ1) is 7.70. The molecule has 0 N–H and O–H groups in total. The third-order valence-electron chi connectivity index (χ3n) is 2.65. The van der Waals surface area contributed by atoms with E-state index in [0.717, 1.165) is 25.0 Å². The average Bonchev–Trinajstić information content (AvgIpc) is 2.26. The molecular weight excluding hydrogens is 196 g/mol. The number of hydrogen-bond acceptors (Lipinski definition) is 2. The average molecular weight is 224 g/mol. The van der Waals surface area contributed by atoms with Crippen molar-refractivity contribution in [1.82, 2.24) is 0 Å². The van der Waals surface area contributed by atoms with Crippen LogP contribution in [0.3, 0.4) is 0 Å². The van der Waals surface area contributed by atoms with E-state index in [9.17, 15) is 0 Å². The molecule has 0 saturated heterocycles. The summed E-state index contributed by atoms with van der Waals surface area (Å²) >= 11 is 0. The summed E-state index contributed by atoms with van der Waals surface area (Å²) in [6.07, 6.45) is 9.95. The summed E-state index contributed by atoms with van der Waals surface area (Å²) < 4.78 is 0. The van der Waals surface area contributed by atoms with Crippen molar-refractivity contribution in [1.29, 1.82) is 0 Å². The molecule has 0 aliphatic carbocycles. The van der Waals surface area contributed by atoms with E-state index in [-0.39, 0.29) is 0 Å². The Bertz CT molecular complexity index is 217. The molecule has 0 heterocycles. The van der Waals surface area contributed by atoms with Gasteiger partial charge in [0.1, 0.15) is 0 Å². The predicted molar refractivity (Wildman–Crippen MR) is 74.5 cm³/mol. The predicted octanol–water partition coefficient (Wildman–Crippen LogP) is 4.98. The number of hydrogen-bond donors (Lipinski definition) is 0. The van der Waals surface area contributed by atoms with Crippen LogP contribution in [-0.2, 0) is 0 Å². The van der Waals surface area contributed by atoms with Crippen LogP contribution in [-0.4, -0.2) is 11.4 Å². The smallest absolute Gasteiger partial charge is 0.0375 e. The molecule has 2 heteroatoms. The van der Waals surface area contributed by atoms with Crippen LogP contribution in [0, 0.1) is 0 Å². The first kappa shape index (κ1) is 15.3. The van der Waals surface area contributed by atoms with Gasteiger partial charge in [-0.15, -0.1) is 0 Å². The summed E-state index contributed by atoms with van der Waals surface area (Å²) in [7, 11) is 0. The third kappa shape index (κ3) is 9.88. The monoisotopic (exact) mass is 224 g/mol. The number of unbranched alkanes of at least 4 members (excludes halogenated alkanes) is 4. The molecule has 0 aliphatic heterocycles. The van der Waals surface area contributed by atoms with E-state index in [2.05, 4.69) is 37.9 Å². The van der Waals surface area contributed by atoms with Gasteiger partial charge in [-0.2, -0.15) is 10.2 Å². The van der Waals surface area contributed by atoms with Crippen LogP contribution in [0.5, 0.6) is 0 Å². The zero-order chi connectivity index (χ0) is 12.2. The van der Waals surface area contributed by atoms with Crippen molar-refractivity contribution in [2.24, 2.45) is 10.2 Å². The Morgan fingerprint density at radius 3 is 1.81 bits per heavy atom. The molecule has 2 nitrogen and oxygen atoms in total. The summed E-state index contributed by atoms with van der Waals surface area (Å²) in [5.41, 5.74) is 2.32. The van der Waals surface area contributed by atoms with Crippen molar-refractivity contribution >= 4 is 11.4 Å². The molecule has 0 atom stereocenters. The van der Waals surface area contributed by atoms with Crippen molar-refractivity contribution in [2.45, 2.75) is 79.1 Å². The zero-order valence-electron chi connectivity index (χ0n) is 11.6. The molecule has 0 amide bonds. The quantitative estimate of drug-likeness (QED) is 0.300. The number of rotatable bonds is 9. The highest BCUT2D eigenvalue weighted by Crippen LogP contribution is 2.06. The summed E-state index contributed by atoms with van der Waals surface area (Å²) in [5, 5.41) is 8.50. The maximum atomic E-state index is 4.27. The molecule has 0 aromatic rings. The van der Waals surface area contributed by atoms with Crippen LogP contribution in [0.15, 0.2) is 10.2 Å². The number of nitrogens with zero attached hydrogens (tertiary/aromatic N) is 2. The second kappa shape index (κ2) is 10.8. The molecular formula is C14H28N2. The van der Waals surface area contributed by atoms with Gasteiger partial charge in [0.25, 0.3) is 0 Å². The van der Waals surface area contributed by atoms with Crippen molar-refractivity contribution < 1.29 is 0 Å². The van der Waals surface area contributed by atoms with Gasteiger partial charge in [-0.05, 0) is 33.1 Å². The van der Waals surface area contributed by atoms with Crippen LogP contribution in [0.1, 0.15) is 79.1 Å². The molecule has 94 valence electrons. The van der Waals surface area contributed by atoms with Crippen LogP contribution in [0.25, 0.3) is 0 Å². The normalized spacial score (nSPS) is 13.2. The lowest BCUT2D eigenvalue weighted by Gasteiger charge is -1.99. The van der Waals surface area contributed by atoms with E-state index in [1.54, 1.807) is 0 Å². The van der Waals surface area contributed by atoms with E-state index < -0.39 is 0 Å². The molecule has 0 unspecified atom stereocenters. The van der Waals surface area contributed by atoms with Crippen LogP contribution in [0.2, 0.25) is 0 Å². The minimum absolute atomic E-state index is 1.06. The molecule has 0 aliphatic rings. The fraction of sp³-hybridized carbons (Fsp3) is 0.857. The Morgan fingerprint density at radius 1 is 0.688 bits per heavy atom. The molecule has 0 aromatic carbocycles. The second-order valence-electron chi connectivity index (χ2n) is 4.58.